The van der Waals surface area contributed by atoms with E-state index in [1.54, 1.807) is 24.3 Å². The number of esters is 2. The monoisotopic (exact) mass is 318 g/mol. The number of carbonyl (C=O) groups excluding carboxylic acids is 2. The molecule has 1 aliphatic carbocycles. The molecule has 0 spiro atoms. The number of carbonyl (C=O) groups is 2. The Morgan fingerprint density at radius 1 is 1.09 bits per heavy atom. The topological polar surface area (TPSA) is 61.8 Å². The lowest BCUT2D eigenvalue weighted by Gasteiger charge is -2.20. The zero-order chi connectivity index (χ0) is 16.7. The normalized spacial score (nSPS) is 15.4. The predicted molar refractivity (Wildman–Crippen MR) is 86.3 cm³/mol. The Balaban J connectivity index is 2.08. The first-order chi connectivity index (χ1) is 11.1. The molecule has 124 valence electrons. The van der Waals surface area contributed by atoms with Crippen molar-refractivity contribution in [1.29, 1.82) is 0 Å². The lowest BCUT2D eigenvalue weighted by Crippen LogP contribution is -2.22. The van der Waals surface area contributed by atoms with Crippen LogP contribution in [0.15, 0.2) is 24.3 Å². The van der Waals surface area contributed by atoms with Crippen LogP contribution >= 0.6 is 0 Å². The summed E-state index contributed by atoms with van der Waals surface area (Å²) in [5, 5.41) is 0. The lowest BCUT2D eigenvalue weighted by atomic mass is 9.89. The molecule has 1 aliphatic rings. The fraction of sp³-hybridized carbons (Fsp3) is 0.444. The molecular weight excluding hydrogens is 296 g/mol. The van der Waals surface area contributed by atoms with Crippen molar-refractivity contribution in [3.8, 4) is 11.5 Å². The van der Waals surface area contributed by atoms with Gasteiger partial charge in [-0.3, -0.25) is 4.79 Å². The Kier molecular flexibility index (Phi) is 6.20. The van der Waals surface area contributed by atoms with Crippen molar-refractivity contribution in [2.75, 3.05) is 14.2 Å². The van der Waals surface area contributed by atoms with Crippen molar-refractivity contribution in [2.45, 2.75) is 32.1 Å². The molecule has 0 saturated heterocycles. The highest BCUT2D eigenvalue weighted by Gasteiger charge is 2.23. The number of hydrogen-bond acceptors (Lipinski definition) is 5. The lowest BCUT2D eigenvalue weighted by molar-refractivity contribution is -0.140. The molecule has 2 rings (SSSR count). The summed E-state index contributed by atoms with van der Waals surface area (Å²) in [7, 11) is 2.84. The largest absolute Gasteiger partial charge is 0.493 e. The van der Waals surface area contributed by atoms with E-state index in [-0.39, 0.29) is 11.9 Å². The highest BCUT2D eigenvalue weighted by atomic mass is 16.6. The van der Waals surface area contributed by atoms with E-state index >= 15 is 0 Å². The minimum absolute atomic E-state index is 0.0210. The van der Waals surface area contributed by atoms with Gasteiger partial charge in [0.15, 0.2) is 11.5 Å². The van der Waals surface area contributed by atoms with Gasteiger partial charge in [0.25, 0.3) is 0 Å². The minimum atomic E-state index is -0.434. The summed E-state index contributed by atoms with van der Waals surface area (Å²) in [6.07, 6.45) is 8.06. The molecule has 0 bridgehead atoms. The van der Waals surface area contributed by atoms with E-state index in [9.17, 15) is 9.59 Å². The first kappa shape index (κ1) is 17.1. The van der Waals surface area contributed by atoms with E-state index in [1.807, 2.05) is 0 Å². The van der Waals surface area contributed by atoms with Gasteiger partial charge in [-0.05, 0) is 36.6 Å². The molecule has 23 heavy (non-hydrogen) atoms. The molecule has 1 aromatic rings. The van der Waals surface area contributed by atoms with E-state index < -0.39 is 5.97 Å². The minimum Gasteiger partial charge on any atom is -0.493 e. The van der Waals surface area contributed by atoms with Gasteiger partial charge in [0, 0.05) is 6.08 Å². The molecule has 0 aromatic heterocycles. The second-order valence-corrected chi connectivity index (χ2v) is 5.52. The fourth-order valence-electron chi connectivity index (χ4n) is 2.63. The number of hydrogen-bond donors (Lipinski definition) is 0. The molecule has 5 heteroatoms. The summed E-state index contributed by atoms with van der Waals surface area (Å²) >= 11 is 0. The van der Waals surface area contributed by atoms with Crippen molar-refractivity contribution in [3.63, 3.8) is 0 Å². The van der Waals surface area contributed by atoms with Gasteiger partial charge in [-0.25, -0.2) is 4.79 Å². The molecule has 1 aromatic carbocycles. The molecular formula is C18H22O5. The SMILES string of the molecule is COC(=O)/C=C/c1ccc(OC(=O)C2CCCCC2)c(OC)c1. The zero-order valence-electron chi connectivity index (χ0n) is 13.5. The van der Waals surface area contributed by atoms with Gasteiger partial charge in [-0.1, -0.05) is 25.3 Å². The number of rotatable bonds is 5. The third kappa shape index (κ3) is 4.84. The maximum Gasteiger partial charge on any atom is 0.330 e. The van der Waals surface area contributed by atoms with E-state index in [2.05, 4.69) is 4.74 Å². The van der Waals surface area contributed by atoms with Gasteiger partial charge in [-0.2, -0.15) is 0 Å². The van der Waals surface area contributed by atoms with Crippen LogP contribution in [0.4, 0.5) is 0 Å². The second-order valence-electron chi connectivity index (χ2n) is 5.52. The molecule has 0 unspecified atom stereocenters. The van der Waals surface area contributed by atoms with Crippen molar-refractivity contribution in [1.82, 2.24) is 0 Å². The molecule has 0 atom stereocenters. The van der Waals surface area contributed by atoms with Crippen LogP contribution in [0.3, 0.4) is 0 Å². The van der Waals surface area contributed by atoms with Crippen molar-refractivity contribution in [2.24, 2.45) is 5.92 Å². The third-order valence-corrected chi connectivity index (χ3v) is 3.95. The quantitative estimate of drug-likeness (QED) is 0.473. The third-order valence-electron chi connectivity index (χ3n) is 3.95. The maximum absolute atomic E-state index is 12.2. The molecule has 1 saturated carbocycles. The summed E-state index contributed by atoms with van der Waals surface area (Å²) in [6.45, 7) is 0. The highest BCUT2D eigenvalue weighted by molar-refractivity contribution is 5.87. The van der Waals surface area contributed by atoms with E-state index in [4.69, 9.17) is 9.47 Å². The predicted octanol–water partition coefficient (Wildman–Crippen LogP) is 3.37. The Labute approximate surface area is 136 Å². The van der Waals surface area contributed by atoms with Crippen LogP contribution in [-0.2, 0) is 14.3 Å². The maximum atomic E-state index is 12.2. The van der Waals surface area contributed by atoms with Gasteiger partial charge in [-0.15, -0.1) is 0 Å². The Morgan fingerprint density at radius 3 is 2.48 bits per heavy atom. The van der Waals surface area contributed by atoms with Crippen molar-refractivity contribution >= 4 is 18.0 Å². The summed E-state index contributed by atoms with van der Waals surface area (Å²) < 4.78 is 15.3. The van der Waals surface area contributed by atoms with Gasteiger partial charge < -0.3 is 14.2 Å². The highest BCUT2D eigenvalue weighted by Crippen LogP contribution is 2.31. The van der Waals surface area contributed by atoms with E-state index in [1.165, 1.54) is 26.7 Å². The average molecular weight is 318 g/mol. The number of methoxy groups -OCH3 is 2. The zero-order valence-corrected chi connectivity index (χ0v) is 13.5. The molecule has 0 amide bonds. The smallest absolute Gasteiger partial charge is 0.330 e. The molecule has 0 aliphatic heterocycles. The van der Waals surface area contributed by atoms with Gasteiger partial charge in [0.2, 0.25) is 0 Å². The Morgan fingerprint density at radius 2 is 1.83 bits per heavy atom. The first-order valence-corrected chi connectivity index (χ1v) is 7.80. The molecule has 1 fully saturated rings. The molecule has 5 nitrogen and oxygen atoms in total. The van der Waals surface area contributed by atoms with Crippen LogP contribution in [0.25, 0.3) is 6.08 Å². The summed E-state index contributed by atoms with van der Waals surface area (Å²) in [6, 6.07) is 5.14. The number of benzene rings is 1. The van der Waals surface area contributed by atoms with E-state index in [0.717, 1.165) is 31.2 Å². The Hall–Kier alpha value is -2.30. The van der Waals surface area contributed by atoms with E-state index in [0.29, 0.717) is 11.5 Å². The summed E-state index contributed by atoms with van der Waals surface area (Å²) in [5.74, 6) is 0.212. The average Bonchev–Trinajstić information content (AvgIpc) is 2.61. The standard InChI is InChI=1S/C18H22O5/c1-21-16-12-13(9-11-17(19)22-2)8-10-15(16)23-18(20)14-6-4-3-5-7-14/h8-12,14H,3-7H2,1-2H3/b11-9+. The van der Waals surface area contributed by atoms with Crippen LogP contribution in [-0.4, -0.2) is 26.2 Å². The Bertz CT molecular complexity index is 585. The summed E-state index contributed by atoms with van der Waals surface area (Å²) in [5.41, 5.74) is 0.754. The van der Waals surface area contributed by atoms with Crippen LogP contribution < -0.4 is 9.47 Å². The molecule has 0 N–H and O–H groups in total. The fourth-order valence-corrected chi connectivity index (χ4v) is 2.63. The van der Waals surface area contributed by atoms with Gasteiger partial charge in [0.1, 0.15) is 0 Å². The van der Waals surface area contributed by atoms with Gasteiger partial charge in [0.05, 0.1) is 20.1 Å². The first-order valence-electron chi connectivity index (χ1n) is 7.80. The van der Waals surface area contributed by atoms with Crippen LogP contribution in [0, 0.1) is 5.92 Å². The van der Waals surface area contributed by atoms with Crippen molar-refractivity contribution in [3.05, 3.63) is 29.8 Å². The molecule has 0 radical (unpaired) electrons. The molecule has 0 heterocycles. The second kappa shape index (κ2) is 8.36. The van der Waals surface area contributed by atoms with Crippen LogP contribution in [0.1, 0.15) is 37.7 Å². The van der Waals surface area contributed by atoms with Gasteiger partial charge >= 0.3 is 11.9 Å². The van der Waals surface area contributed by atoms with Crippen LogP contribution in [0.2, 0.25) is 0 Å². The van der Waals surface area contributed by atoms with Crippen molar-refractivity contribution < 1.29 is 23.8 Å². The number of ether oxygens (including phenoxy) is 3. The summed E-state index contributed by atoms with van der Waals surface area (Å²) in [4.78, 5) is 23.3. The van der Waals surface area contributed by atoms with Crippen LogP contribution in [0.5, 0.6) is 11.5 Å².